The van der Waals surface area contributed by atoms with Crippen LogP contribution in [0.2, 0.25) is 0 Å². The van der Waals surface area contributed by atoms with Gasteiger partial charge < -0.3 is 10.2 Å². The van der Waals surface area contributed by atoms with E-state index in [0.717, 1.165) is 67.5 Å². The number of benzene rings is 1. The highest BCUT2D eigenvalue weighted by molar-refractivity contribution is 7.89. The predicted molar refractivity (Wildman–Crippen MR) is 175 cm³/mol. The number of hydrogen-bond donors (Lipinski definition) is 3. The molecule has 3 N–H and O–H groups in total. The van der Waals surface area contributed by atoms with E-state index in [2.05, 4.69) is 45.9 Å². The van der Waals surface area contributed by atoms with Crippen LogP contribution < -0.4 is 10.0 Å². The van der Waals surface area contributed by atoms with Crippen LogP contribution >= 0.6 is 0 Å². The maximum atomic E-state index is 13.8. The minimum absolute atomic E-state index is 0.00510. The molecule has 0 radical (unpaired) electrons. The van der Waals surface area contributed by atoms with Crippen LogP contribution in [0.1, 0.15) is 114 Å². The number of hydrogen-bond acceptors (Lipinski definition) is 6. The number of nitrogens with one attached hydrogen (secondary N) is 3. The van der Waals surface area contributed by atoms with Crippen LogP contribution in [0, 0.1) is 19.8 Å². The number of unbranched alkanes of at least 4 members (excludes halogenated alkanes) is 1. The van der Waals surface area contributed by atoms with E-state index < -0.39 is 21.6 Å². The van der Waals surface area contributed by atoms with Crippen LogP contribution in [-0.2, 0) is 19.6 Å². The van der Waals surface area contributed by atoms with Gasteiger partial charge in [-0.05, 0) is 76.0 Å². The average molecular weight is 641 g/mol. The zero-order valence-electron chi connectivity index (χ0n) is 27.7. The Kier molecular flexibility index (Phi) is 10.4. The summed E-state index contributed by atoms with van der Waals surface area (Å²) in [6, 6.07) is 6.59. The molecule has 1 aromatic carbocycles. The number of rotatable bonds is 11. The quantitative estimate of drug-likeness (QED) is 0.326. The Morgan fingerprint density at radius 2 is 1.71 bits per heavy atom. The van der Waals surface area contributed by atoms with Crippen molar-refractivity contribution in [2.45, 2.75) is 127 Å². The molecule has 3 aliphatic rings. The maximum Gasteiger partial charge on any atom is 0.246 e. The highest BCUT2D eigenvalue weighted by Crippen LogP contribution is 2.40. The van der Waals surface area contributed by atoms with Gasteiger partial charge in [-0.1, -0.05) is 58.6 Å². The largest absolute Gasteiger partial charge is 0.342 e. The number of piperidine rings is 1. The number of amides is 2. The third-order valence-electron chi connectivity index (χ3n) is 10.1. The van der Waals surface area contributed by atoms with E-state index in [1.807, 2.05) is 30.9 Å². The first kappa shape index (κ1) is 33.6. The van der Waals surface area contributed by atoms with Crippen molar-refractivity contribution < 1.29 is 18.0 Å². The Hall–Kier alpha value is -2.76. The first-order valence-corrected chi connectivity index (χ1v) is 18.5. The molecule has 2 atom stereocenters. The molecule has 5 rings (SSSR count). The zero-order chi connectivity index (χ0) is 32.4. The van der Waals surface area contributed by atoms with Gasteiger partial charge in [0.2, 0.25) is 21.8 Å². The van der Waals surface area contributed by atoms with Crippen molar-refractivity contribution in [1.29, 1.82) is 0 Å². The van der Waals surface area contributed by atoms with Gasteiger partial charge in [-0.15, -0.1) is 0 Å². The number of aromatic nitrogens is 2. The van der Waals surface area contributed by atoms with Crippen LogP contribution in [0.5, 0.6) is 0 Å². The molecule has 248 valence electrons. The predicted octanol–water partition coefficient (Wildman–Crippen LogP) is 4.73. The second kappa shape index (κ2) is 13.9. The summed E-state index contributed by atoms with van der Waals surface area (Å²) in [6.07, 6.45) is 8.55. The fourth-order valence-corrected chi connectivity index (χ4v) is 8.96. The van der Waals surface area contributed by atoms with Crippen molar-refractivity contribution >= 4 is 21.8 Å². The number of sulfonamides is 1. The summed E-state index contributed by atoms with van der Waals surface area (Å²) >= 11 is 0. The van der Waals surface area contributed by atoms with E-state index >= 15 is 0 Å². The van der Waals surface area contributed by atoms with Gasteiger partial charge in [0.15, 0.2) is 0 Å². The first-order valence-electron chi connectivity index (χ1n) is 17.0. The Labute approximate surface area is 269 Å². The molecule has 2 aliphatic heterocycles. The molecule has 1 aliphatic carbocycles. The Balaban J connectivity index is 1.40. The van der Waals surface area contributed by atoms with Gasteiger partial charge in [0.05, 0.1) is 16.6 Å². The molecule has 1 aromatic heterocycles. The maximum absolute atomic E-state index is 13.8. The van der Waals surface area contributed by atoms with Crippen molar-refractivity contribution in [2.24, 2.45) is 5.92 Å². The third-order valence-corrected chi connectivity index (χ3v) is 11.7. The lowest BCUT2D eigenvalue weighted by Gasteiger charge is -2.52. The van der Waals surface area contributed by atoms with Gasteiger partial charge in [-0.2, -0.15) is 5.10 Å². The number of nitrogens with zero attached hydrogens (tertiary/aromatic N) is 3. The lowest BCUT2D eigenvalue weighted by molar-refractivity contribution is -0.162. The molecule has 2 saturated heterocycles. The van der Waals surface area contributed by atoms with Gasteiger partial charge >= 0.3 is 0 Å². The second-order valence-corrected chi connectivity index (χ2v) is 15.6. The van der Waals surface area contributed by atoms with Gasteiger partial charge in [0, 0.05) is 36.9 Å². The summed E-state index contributed by atoms with van der Waals surface area (Å²) in [5.74, 6) is 0.312. The lowest BCUT2D eigenvalue weighted by atomic mass is 9.79. The van der Waals surface area contributed by atoms with Crippen molar-refractivity contribution in [2.75, 3.05) is 19.6 Å². The zero-order valence-corrected chi connectivity index (χ0v) is 28.5. The van der Waals surface area contributed by atoms with Crippen molar-refractivity contribution in [3.63, 3.8) is 0 Å². The molecule has 10 nitrogen and oxygen atoms in total. The average Bonchev–Trinajstić information content (AvgIpc) is 3.34. The minimum Gasteiger partial charge on any atom is -0.342 e. The molecule has 1 saturated carbocycles. The number of aromatic amines is 1. The second-order valence-electron chi connectivity index (χ2n) is 13.8. The molecule has 3 fully saturated rings. The summed E-state index contributed by atoms with van der Waals surface area (Å²) in [5, 5.41) is 10.7. The summed E-state index contributed by atoms with van der Waals surface area (Å²) < 4.78 is 29.4. The normalized spacial score (nSPS) is 22.3. The van der Waals surface area contributed by atoms with Crippen LogP contribution in [0.3, 0.4) is 0 Å². The van der Waals surface area contributed by atoms with Crippen LogP contribution in [0.4, 0.5) is 0 Å². The summed E-state index contributed by atoms with van der Waals surface area (Å²) in [6.45, 7) is 12.1. The summed E-state index contributed by atoms with van der Waals surface area (Å²) in [4.78, 5) is 32.1. The fraction of sp³-hybridized carbons (Fsp3) is 0.676. The molecule has 0 bridgehead atoms. The third kappa shape index (κ3) is 7.00. The molecule has 1 spiro atoms. The number of carbonyl (C=O) groups excluding carboxylic acids is 2. The van der Waals surface area contributed by atoms with Gasteiger partial charge in [-0.3, -0.25) is 19.6 Å². The summed E-state index contributed by atoms with van der Waals surface area (Å²) in [7, 11) is -3.62. The monoisotopic (exact) mass is 640 g/mol. The molecular weight excluding hydrogens is 588 g/mol. The fourth-order valence-electron chi connectivity index (χ4n) is 7.66. The Morgan fingerprint density at radius 1 is 1.04 bits per heavy atom. The van der Waals surface area contributed by atoms with E-state index in [0.29, 0.717) is 44.8 Å². The number of H-pyrrole nitrogens is 1. The van der Waals surface area contributed by atoms with E-state index in [1.54, 1.807) is 12.1 Å². The Morgan fingerprint density at radius 3 is 2.29 bits per heavy atom. The standard InChI is InChI=1S/C34H52N6O4S/c1-6-7-19-40-32(41)29(22-23(2)3)35-33(42)34(40)17-20-39(21-18-34)31(30-24(4)36-37-25(30)5)26-13-15-28(16-14-26)45(43,44)38-27-11-9-8-10-12-27/h13-16,23,27,29,31,38H,6-12,17-22H2,1-5H3,(H,35,42)(H,36,37)/t29-,31?/m0/s1. The molecule has 45 heavy (non-hydrogen) atoms. The van der Waals surface area contributed by atoms with Gasteiger partial charge in [-0.25, -0.2) is 13.1 Å². The topological polar surface area (TPSA) is 128 Å². The molecule has 1 unspecified atom stereocenters. The summed E-state index contributed by atoms with van der Waals surface area (Å²) in [5.41, 5.74) is 3.02. The van der Waals surface area contributed by atoms with Crippen molar-refractivity contribution in [1.82, 2.24) is 30.0 Å². The van der Waals surface area contributed by atoms with E-state index in [-0.39, 0.29) is 28.8 Å². The van der Waals surface area contributed by atoms with Crippen LogP contribution in [-0.4, -0.2) is 77.5 Å². The van der Waals surface area contributed by atoms with Crippen molar-refractivity contribution in [3.8, 4) is 0 Å². The van der Waals surface area contributed by atoms with Crippen molar-refractivity contribution in [3.05, 3.63) is 46.8 Å². The first-order chi connectivity index (χ1) is 21.5. The molecule has 3 heterocycles. The molecule has 11 heteroatoms. The van der Waals surface area contributed by atoms with Gasteiger partial charge in [0.1, 0.15) is 11.6 Å². The van der Waals surface area contributed by atoms with E-state index in [1.165, 1.54) is 0 Å². The molecule has 2 aromatic rings. The molecule has 2 amide bonds. The van der Waals surface area contributed by atoms with Crippen LogP contribution in [0.15, 0.2) is 29.2 Å². The lowest BCUT2D eigenvalue weighted by Crippen LogP contribution is -2.73. The number of carbonyl (C=O) groups is 2. The van der Waals surface area contributed by atoms with E-state index in [4.69, 9.17) is 0 Å². The minimum atomic E-state index is -3.62. The number of aryl methyl sites for hydroxylation is 2. The van der Waals surface area contributed by atoms with E-state index in [9.17, 15) is 18.0 Å². The number of piperazine rings is 1. The van der Waals surface area contributed by atoms with Crippen LogP contribution in [0.25, 0.3) is 0 Å². The highest BCUT2D eigenvalue weighted by Gasteiger charge is 2.54. The SMILES string of the molecule is CCCCN1C(=O)[C@H](CC(C)C)NC(=O)C12CCN(C(c1ccc(S(=O)(=O)NC3CCCCC3)cc1)c1c(C)n[nH]c1C)CC2. The van der Waals surface area contributed by atoms with Gasteiger partial charge in [0.25, 0.3) is 0 Å². The Bertz CT molecular complexity index is 1420. The molecular formula is C34H52N6O4S. The smallest absolute Gasteiger partial charge is 0.246 e. The number of likely N-dealkylation sites (tertiary alicyclic amines) is 1. The highest BCUT2D eigenvalue weighted by atomic mass is 32.2.